The van der Waals surface area contributed by atoms with Gasteiger partial charge in [-0.3, -0.25) is 4.99 Å². The summed E-state index contributed by atoms with van der Waals surface area (Å²) in [6.45, 7) is 7.20. The molecule has 4 nitrogen and oxygen atoms in total. The zero-order valence-corrected chi connectivity index (χ0v) is 16.2. The van der Waals surface area contributed by atoms with Crippen molar-refractivity contribution >= 4 is 21.1 Å². The van der Waals surface area contributed by atoms with Crippen LogP contribution in [0.4, 0.5) is 8.78 Å². The zero-order chi connectivity index (χ0) is 20.2. The molecule has 0 fully saturated rings. The maximum absolute atomic E-state index is 14.2. The lowest BCUT2D eigenvalue weighted by Gasteiger charge is -2.21. The van der Waals surface area contributed by atoms with Crippen molar-refractivity contribution in [3.63, 3.8) is 0 Å². The fourth-order valence-electron chi connectivity index (χ4n) is 2.50. The Kier molecular flexibility index (Phi) is 6.49. The molecule has 0 bridgehead atoms. The van der Waals surface area contributed by atoms with Gasteiger partial charge in [0.25, 0.3) is 0 Å². The van der Waals surface area contributed by atoms with Gasteiger partial charge in [0.2, 0.25) is 0 Å². The largest absolute Gasteiger partial charge is 0.490 e. The van der Waals surface area contributed by atoms with Gasteiger partial charge in [-0.25, -0.2) is 17.2 Å². The van der Waals surface area contributed by atoms with Crippen molar-refractivity contribution in [3.8, 4) is 0 Å². The molecular formula is C20H21F2NO3S. The number of nitrogens with zero attached hydrogens (tertiary/aromatic N) is 1. The van der Waals surface area contributed by atoms with Gasteiger partial charge in [0, 0.05) is 23.6 Å². The van der Waals surface area contributed by atoms with Crippen molar-refractivity contribution in [1.82, 2.24) is 0 Å². The molecule has 0 saturated heterocycles. The van der Waals surface area contributed by atoms with Gasteiger partial charge in [0.15, 0.2) is 9.84 Å². The van der Waals surface area contributed by atoms with Crippen molar-refractivity contribution in [1.29, 1.82) is 0 Å². The fourth-order valence-corrected chi connectivity index (χ4v) is 2.89. The van der Waals surface area contributed by atoms with E-state index < -0.39 is 21.5 Å². The van der Waals surface area contributed by atoms with Crippen molar-refractivity contribution in [3.05, 3.63) is 77.2 Å². The number of sulfone groups is 1. The average Bonchev–Trinajstić information content (AvgIpc) is 2.57. The third-order valence-corrected chi connectivity index (χ3v) is 4.69. The summed E-state index contributed by atoms with van der Waals surface area (Å²) in [6.07, 6.45) is 5.67. The van der Waals surface area contributed by atoms with Crippen LogP contribution >= 0.6 is 0 Å². The third-order valence-electron chi connectivity index (χ3n) is 3.79. The normalized spacial score (nSPS) is 16.0. The highest BCUT2D eigenvalue weighted by molar-refractivity contribution is 7.90. The predicted molar refractivity (Wildman–Crippen MR) is 104 cm³/mol. The summed E-state index contributed by atoms with van der Waals surface area (Å²) in [7, 11) is -3.21. The molecule has 0 aliphatic heterocycles. The fraction of sp³-hybridized carbons (Fsp3) is 0.250. The zero-order valence-electron chi connectivity index (χ0n) is 15.4. The molecule has 0 aromatic heterocycles. The van der Waals surface area contributed by atoms with E-state index in [1.54, 1.807) is 6.08 Å². The summed E-state index contributed by atoms with van der Waals surface area (Å²) in [6, 6.07) is 3.20. The SMILES string of the molecule is C=CN=C1C(OCCS(C)(=O)=O)=CC(c2cc(F)ccc2F)=CC1=C(C)C. The molecule has 27 heavy (non-hydrogen) atoms. The van der Waals surface area contributed by atoms with Crippen LogP contribution in [0.3, 0.4) is 0 Å². The standard InChI is InChI=1S/C20H21F2NO3S/c1-5-23-20-16(13(2)3)10-14(17-12-15(21)6-7-18(17)22)11-19(20)26-8-9-27(4,24)25/h5-7,10-12H,1,8-9H2,2-4H3. The van der Waals surface area contributed by atoms with Crippen molar-refractivity contribution in [2.24, 2.45) is 4.99 Å². The van der Waals surface area contributed by atoms with Crippen LogP contribution in [-0.2, 0) is 14.6 Å². The molecule has 1 aromatic carbocycles. The predicted octanol–water partition coefficient (Wildman–Crippen LogP) is 4.23. The van der Waals surface area contributed by atoms with E-state index in [9.17, 15) is 17.2 Å². The number of hydrogen-bond acceptors (Lipinski definition) is 4. The van der Waals surface area contributed by atoms with Crippen LogP contribution in [-0.4, -0.2) is 32.7 Å². The van der Waals surface area contributed by atoms with E-state index in [1.165, 1.54) is 12.3 Å². The number of halogens is 2. The number of hydrogen-bond donors (Lipinski definition) is 0. The van der Waals surface area contributed by atoms with Crippen molar-refractivity contribution < 1.29 is 21.9 Å². The minimum Gasteiger partial charge on any atom is -0.490 e. The van der Waals surface area contributed by atoms with Gasteiger partial charge in [-0.05, 0) is 49.8 Å². The Morgan fingerprint density at radius 2 is 1.96 bits per heavy atom. The van der Waals surface area contributed by atoms with Crippen LogP contribution in [0.15, 0.2) is 65.0 Å². The molecule has 1 aliphatic carbocycles. The Balaban J connectivity index is 2.55. The van der Waals surface area contributed by atoms with Crippen LogP contribution < -0.4 is 0 Å². The molecule has 7 heteroatoms. The van der Waals surface area contributed by atoms with E-state index >= 15 is 0 Å². The first-order chi connectivity index (χ1) is 12.6. The minimum atomic E-state index is -3.21. The molecule has 144 valence electrons. The van der Waals surface area contributed by atoms with Crippen molar-refractivity contribution in [2.75, 3.05) is 18.6 Å². The summed E-state index contributed by atoms with van der Waals surface area (Å²) in [5, 5.41) is 0. The molecule has 0 atom stereocenters. The summed E-state index contributed by atoms with van der Waals surface area (Å²) in [4.78, 5) is 4.22. The van der Waals surface area contributed by atoms with Gasteiger partial charge in [-0.15, -0.1) is 0 Å². The number of aliphatic imine (C=N–C) groups is 1. The lowest BCUT2D eigenvalue weighted by molar-refractivity contribution is 0.251. The summed E-state index contributed by atoms with van der Waals surface area (Å²) in [5.41, 5.74) is 2.49. The first-order valence-electron chi connectivity index (χ1n) is 8.18. The van der Waals surface area contributed by atoms with E-state index in [1.807, 2.05) is 13.8 Å². The number of ether oxygens (including phenoxy) is 1. The third kappa shape index (κ3) is 5.47. The molecule has 0 saturated carbocycles. The molecule has 0 N–H and O–H groups in total. The molecule has 1 aliphatic rings. The van der Waals surface area contributed by atoms with E-state index in [-0.39, 0.29) is 23.7 Å². The second kappa shape index (κ2) is 8.43. The number of benzene rings is 1. The molecule has 0 unspecified atom stereocenters. The van der Waals surface area contributed by atoms with Gasteiger partial charge < -0.3 is 4.74 Å². The van der Waals surface area contributed by atoms with Crippen LogP contribution in [0.5, 0.6) is 0 Å². The molecule has 0 amide bonds. The smallest absolute Gasteiger partial charge is 0.150 e. The first kappa shape index (κ1) is 20.8. The number of rotatable bonds is 6. The second-order valence-corrected chi connectivity index (χ2v) is 8.54. The first-order valence-corrected chi connectivity index (χ1v) is 10.2. The van der Waals surface area contributed by atoms with E-state index in [2.05, 4.69) is 11.6 Å². The van der Waals surface area contributed by atoms with E-state index in [0.29, 0.717) is 16.9 Å². The Labute approximate surface area is 158 Å². The van der Waals surface area contributed by atoms with Crippen LogP contribution in [0.25, 0.3) is 5.57 Å². The lowest BCUT2D eigenvalue weighted by atomic mass is 9.91. The summed E-state index contributed by atoms with van der Waals surface area (Å²) >= 11 is 0. The quantitative estimate of drug-likeness (QED) is 0.727. The summed E-state index contributed by atoms with van der Waals surface area (Å²) in [5.74, 6) is -1.05. The van der Waals surface area contributed by atoms with Gasteiger partial charge >= 0.3 is 0 Å². The van der Waals surface area contributed by atoms with E-state index in [0.717, 1.165) is 30.0 Å². The molecule has 2 rings (SSSR count). The molecular weight excluding hydrogens is 372 g/mol. The Morgan fingerprint density at radius 3 is 2.56 bits per heavy atom. The van der Waals surface area contributed by atoms with Gasteiger partial charge in [0.1, 0.15) is 29.7 Å². The van der Waals surface area contributed by atoms with Crippen LogP contribution in [0, 0.1) is 11.6 Å². The maximum Gasteiger partial charge on any atom is 0.150 e. The van der Waals surface area contributed by atoms with Gasteiger partial charge in [-0.2, -0.15) is 0 Å². The number of allylic oxidation sites excluding steroid dienone is 5. The van der Waals surface area contributed by atoms with E-state index in [4.69, 9.17) is 4.74 Å². The van der Waals surface area contributed by atoms with Crippen molar-refractivity contribution in [2.45, 2.75) is 13.8 Å². The highest BCUT2D eigenvalue weighted by atomic mass is 32.2. The Morgan fingerprint density at radius 1 is 1.26 bits per heavy atom. The van der Waals surface area contributed by atoms with Gasteiger partial charge in [-0.1, -0.05) is 12.2 Å². The molecule has 0 radical (unpaired) electrons. The highest BCUT2D eigenvalue weighted by Crippen LogP contribution is 2.31. The molecule has 0 heterocycles. The average molecular weight is 393 g/mol. The maximum atomic E-state index is 14.2. The Bertz CT molecular complexity index is 982. The van der Waals surface area contributed by atoms with Gasteiger partial charge in [0.05, 0.1) is 5.75 Å². The molecule has 1 aromatic rings. The summed E-state index contributed by atoms with van der Waals surface area (Å²) < 4.78 is 56.2. The second-order valence-electron chi connectivity index (χ2n) is 6.28. The highest BCUT2D eigenvalue weighted by Gasteiger charge is 2.22. The molecule has 0 spiro atoms. The minimum absolute atomic E-state index is 0.0793. The van der Waals surface area contributed by atoms with Crippen LogP contribution in [0.1, 0.15) is 19.4 Å². The Hall–Kier alpha value is -2.54. The monoisotopic (exact) mass is 393 g/mol. The van der Waals surface area contributed by atoms with Crippen LogP contribution in [0.2, 0.25) is 0 Å². The topological polar surface area (TPSA) is 55.7 Å². The lowest BCUT2D eigenvalue weighted by Crippen LogP contribution is -2.17.